The molecular weight excluding hydrogens is 745 g/mol. The molecule has 1 aromatic carbocycles. The second-order valence-corrected chi connectivity index (χ2v) is 25.7. The number of benzene rings is 1. The zero-order valence-electron chi connectivity index (χ0n) is 31.7. The second-order valence-electron chi connectivity index (χ2n) is 24.0. The largest absolute Gasteiger partial charge is 0.125 e. The fraction of sp³-hybridized carbons (Fsp3) is 0.875. The van der Waals surface area contributed by atoms with Crippen LogP contribution in [0.3, 0.4) is 0 Å². The molecule has 0 radical (unpaired) electrons. The molecule has 0 N–H and O–H groups in total. The Balaban J connectivity index is 0.00000296. The maximum Gasteiger partial charge on any atom is 0.0213 e. The summed E-state index contributed by atoms with van der Waals surface area (Å²) in [5.74, 6) is 12.3. The summed E-state index contributed by atoms with van der Waals surface area (Å²) in [7, 11) is 8.14. The van der Waals surface area contributed by atoms with Crippen molar-refractivity contribution in [3.05, 3.63) is 35.4 Å². The molecule has 0 amide bonds. The third-order valence-corrected chi connectivity index (χ3v) is 24.3. The van der Waals surface area contributed by atoms with Crippen molar-refractivity contribution in [1.29, 1.82) is 0 Å². The summed E-state index contributed by atoms with van der Waals surface area (Å²) >= 11 is 0. The average molecular weight is 813 g/mol. The van der Waals surface area contributed by atoms with Crippen molar-refractivity contribution in [1.82, 2.24) is 0 Å². The van der Waals surface area contributed by atoms with Gasteiger partial charge < -0.3 is 0 Å². The molecule has 0 aromatic heterocycles. The molecule has 16 bridgehead atoms. The molecule has 51 heavy (non-hydrogen) atoms. The van der Waals surface area contributed by atoms with E-state index in [4.69, 9.17) is 0 Å². The van der Waals surface area contributed by atoms with Gasteiger partial charge in [-0.2, -0.15) is 0 Å². The van der Waals surface area contributed by atoms with Gasteiger partial charge in [0.15, 0.2) is 0 Å². The predicted octanol–water partition coefficient (Wildman–Crippen LogP) is 12.7. The van der Waals surface area contributed by atoms with Crippen molar-refractivity contribution in [3.8, 4) is 0 Å². The first kappa shape index (κ1) is 33.8. The zero-order chi connectivity index (χ0) is 32.9. The smallest absolute Gasteiger partial charge is 0.0213 e. The van der Waals surface area contributed by atoms with E-state index in [9.17, 15) is 0 Å². The first-order valence-corrected chi connectivity index (χ1v) is 24.0. The van der Waals surface area contributed by atoms with Crippen LogP contribution in [0, 0.1) is 92.7 Å². The molecule has 0 spiro atoms. The topological polar surface area (TPSA) is 0 Å². The summed E-state index contributed by atoms with van der Waals surface area (Å²) in [6.45, 7) is 0. The van der Waals surface area contributed by atoms with E-state index >= 15 is 0 Å². The van der Waals surface area contributed by atoms with Gasteiger partial charge in [0.25, 0.3) is 0 Å². The minimum atomic E-state index is 0. The molecule has 16 saturated carbocycles. The zero-order valence-corrected chi connectivity index (χ0v) is 35.5. The van der Waals surface area contributed by atoms with Gasteiger partial charge in [-0.25, -0.2) is 0 Å². The van der Waals surface area contributed by atoms with Gasteiger partial charge in [0.1, 0.15) is 0 Å². The third-order valence-electron chi connectivity index (χ3n) is 21.3. The monoisotopic (exact) mass is 812 g/mol. The SMILES string of the molecule is PC(c1ccccc1C(P)(C12CC3CC(CC(C3)C1)C2)C12CC3CC(CC(C3)C1)C2)(C12CC3CC(CC(C3)C1)C2)C12CC3CC(CC(C3)C1)C2.[Pd]. The number of rotatable bonds is 6. The van der Waals surface area contributed by atoms with Crippen LogP contribution in [-0.2, 0) is 30.7 Å². The van der Waals surface area contributed by atoms with E-state index in [0.29, 0.717) is 21.7 Å². The van der Waals surface area contributed by atoms with Crippen LogP contribution in [0.5, 0.6) is 0 Å². The van der Waals surface area contributed by atoms with Crippen LogP contribution in [0.15, 0.2) is 24.3 Å². The third kappa shape index (κ3) is 4.28. The van der Waals surface area contributed by atoms with Crippen LogP contribution >= 0.6 is 18.5 Å². The van der Waals surface area contributed by atoms with Gasteiger partial charge in [0.05, 0.1) is 0 Å². The van der Waals surface area contributed by atoms with Gasteiger partial charge in [-0.1, -0.05) is 24.3 Å². The minimum absolute atomic E-state index is 0. The van der Waals surface area contributed by atoms with Gasteiger partial charge in [0, 0.05) is 30.7 Å². The molecular formula is C48H68P2Pd. The van der Waals surface area contributed by atoms with Gasteiger partial charge in [-0.05, 0) is 258 Å². The van der Waals surface area contributed by atoms with Gasteiger partial charge in [-0.15, -0.1) is 18.5 Å². The van der Waals surface area contributed by atoms with E-state index in [2.05, 4.69) is 42.7 Å². The predicted molar refractivity (Wildman–Crippen MR) is 212 cm³/mol. The molecule has 280 valence electrons. The summed E-state index contributed by atoms with van der Waals surface area (Å²) < 4.78 is 0. The molecule has 0 saturated heterocycles. The van der Waals surface area contributed by atoms with Crippen LogP contribution in [0.1, 0.15) is 165 Å². The summed E-state index contributed by atoms with van der Waals surface area (Å²) in [5, 5.41) is 0.490. The Morgan fingerprint density at radius 1 is 0.333 bits per heavy atom. The Morgan fingerprint density at radius 3 is 0.647 bits per heavy atom. The molecule has 1 aromatic rings. The minimum Gasteiger partial charge on any atom is -0.125 e. The van der Waals surface area contributed by atoms with E-state index < -0.39 is 0 Å². The van der Waals surface area contributed by atoms with Crippen LogP contribution < -0.4 is 0 Å². The molecule has 16 aliphatic rings. The normalized spacial score (nSPS) is 57.0. The van der Waals surface area contributed by atoms with Gasteiger partial charge in [0.2, 0.25) is 0 Å². The number of hydrogen-bond acceptors (Lipinski definition) is 0. The molecule has 16 fully saturated rings. The van der Waals surface area contributed by atoms with E-state index in [-0.39, 0.29) is 30.7 Å². The maximum absolute atomic E-state index is 4.07. The summed E-state index contributed by atoms with van der Waals surface area (Å²) in [6, 6.07) is 10.9. The van der Waals surface area contributed by atoms with Crippen LogP contribution in [0.2, 0.25) is 0 Å². The summed E-state index contributed by atoms with van der Waals surface area (Å²) in [6.07, 6.45) is 37.8. The Morgan fingerprint density at radius 2 is 0.490 bits per heavy atom. The van der Waals surface area contributed by atoms with Gasteiger partial charge >= 0.3 is 0 Å². The quantitative estimate of drug-likeness (QED) is 0.198. The molecule has 2 atom stereocenters. The van der Waals surface area contributed by atoms with E-state index in [1.54, 1.807) is 154 Å². The molecule has 2 unspecified atom stereocenters. The van der Waals surface area contributed by atoms with E-state index in [1.165, 1.54) is 0 Å². The molecule has 0 aliphatic heterocycles. The van der Waals surface area contributed by atoms with Crippen LogP contribution in [0.4, 0.5) is 0 Å². The van der Waals surface area contributed by atoms with Gasteiger partial charge in [-0.3, -0.25) is 0 Å². The van der Waals surface area contributed by atoms with E-state index in [0.717, 1.165) is 71.0 Å². The Bertz CT molecular complexity index is 1260. The fourth-order valence-electron chi connectivity index (χ4n) is 21.8. The van der Waals surface area contributed by atoms with Crippen molar-refractivity contribution in [2.75, 3.05) is 0 Å². The first-order valence-electron chi connectivity index (χ1n) is 22.8. The first-order chi connectivity index (χ1) is 24.2. The standard InChI is InChI=1S/C48H68P2.Pd/c49-47(43-17-29-5-30(18-43)7-31(6-29)19-43,44-20-32-8-33(21-44)10-34(9-32)22-44)41-3-1-2-4-42(41)48(50,45-23-35-11-36(24-45)13-37(12-35)25-45)46-26-38-14-39(27-46)16-40(15-38)28-46;/h1-4,29-40H,5-28,49-50H2;. The molecule has 0 nitrogen and oxygen atoms in total. The second kappa shape index (κ2) is 11.0. The fourth-order valence-corrected chi connectivity index (χ4v) is 23.7. The Labute approximate surface area is 329 Å². The number of hydrogen-bond donors (Lipinski definition) is 0. The van der Waals surface area contributed by atoms with Crippen molar-refractivity contribution in [3.63, 3.8) is 0 Å². The average Bonchev–Trinajstić information content (AvgIpc) is 3.05. The maximum atomic E-state index is 4.07. The molecule has 16 aliphatic carbocycles. The van der Waals surface area contributed by atoms with Crippen molar-refractivity contribution in [2.24, 2.45) is 92.7 Å². The van der Waals surface area contributed by atoms with Crippen LogP contribution in [0.25, 0.3) is 0 Å². The Hall–Kier alpha value is 0.742. The summed E-state index contributed by atoms with van der Waals surface area (Å²) in [5.41, 5.74) is 5.92. The van der Waals surface area contributed by atoms with Crippen molar-refractivity contribution in [2.45, 2.75) is 164 Å². The van der Waals surface area contributed by atoms with Crippen molar-refractivity contribution < 1.29 is 20.4 Å². The summed E-state index contributed by atoms with van der Waals surface area (Å²) in [4.78, 5) is 0. The molecule has 3 heteroatoms. The van der Waals surface area contributed by atoms with Crippen molar-refractivity contribution >= 4 is 18.5 Å². The molecule has 0 heterocycles. The van der Waals surface area contributed by atoms with Crippen LogP contribution in [-0.4, -0.2) is 0 Å². The molecule has 17 rings (SSSR count). The van der Waals surface area contributed by atoms with E-state index in [1.807, 2.05) is 11.1 Å². The Kier molecular flexibility index (Phi) is 7.31.